The van der Waals surface area contributed by atoms with Gasteiger partial charge in [-0.3, -0.25) is 0 Å². The molecule has 0 amide bonds. The van der Waals surface area contributed by atoms with Crippen molar-refractivity contribution in [2.45, 2.75) is 31.5 Å². The number of rotatable bonds is 6. The van der Waals surface area contributed by atoms with E-state index in [1.807, 2.05) is 36.4 Å². The fraction of sp³-hybridized carbons (Fsp3) is 0.333. The third kappa shape index (κ3) is 3.86. The third-order valence-electron chi connectivity index (χ3n) is 4.03. The first-order valence-corrected chi connectivity index (χ1v) is 7.62. The summed E-state index contributed by atoms with van der Waals surface area (Å²) in [6.45, 7) is -0.00612. The molecule has 0 spiro atoms. The molecule has 0 aromatic heterocycles. The maximum Gasteiger partial charge on any atom is 0.272 e. The van der Waals surface area contributed by atoms with E-state index in [4.69, 9.17) is 4.74 Å². The van der Waals surface area contributed by atoms with Crippen molar-refractivity contribution in [3.63, 3.8) is 0 Å². The maximum absolute atomic E-state index is 12.1. The van der Waals surface area contributed by atoms with Gasteiger partial charge in [0.05, 0.1) is 12.1 Å². The SMILES string of the molecule is O[C@H]1Cc2ccccc2[C@H]1NCc1ccc(OCC(F)F)cc1. The number of ether oxygens (including phenoxy) is 1. The Balaban J connectivity index is 1.58. The molecule has 3 nitrogen and oxygen atoms in total. The molecule has 0 radical (unpaired) electrons. The van der Waals surface area contributed by atoms with Crippen LogP contribution in [-0.2, 0) is 13.0 Å². The Kier molecular flexibility index (Phi) is 4.88. The van der Waals surface area contributed by atoms with Crippen LogP contribution in [0.3, 0.4) is 0 Å². The zero-order valence-corrected chi connectivity index (χ0v) is 12.6. The summed E-state index contributed by atoms with van der Waals surface area (Å²) in [4.78, 5) is 0. The van der Waals surface area contributed by atoms with Crippen LogP contribution in [0.1, 0.15) is 22.7 Å². The van der Waals surface area contributed by atoms with Crippen LogP contribution < -0.4 is 10.1 Å². The molecule has 122 valence electrons. The Morgan fingerprint density at radius 1 is 1.13 bits per heavy atom. The van der Waals surface area contributed by atoms with Crippen molar-refractivity contribution >= 4 is 0 Å². The highest BCUT2D eigenvalue weighted by Gasteiger charge is 2.29. The summed E-state index contributed by atoms with van der Waals surface area (Å²) in [6.07, 6.45) is -2.24. The zero-order chi connectivity index (χ0) is 16.2. The van der Waals surface area contributed by atoms with Crippen LogP contribution in [0.4, 0.5) is 8.78 Å². The van der Waals surface area contributed by atoms with Gasteiger partial charge in [0.2, 0.25) is 0 Å². The van der Waals surface area contributed by atoms with Crippen LogP contribution in [0.5, 0.6) is 5.75 Å². The fourth-order valence-corrected chi connectivity index (χ4v) is 2.91. The minimum Gasteiger partial charge on any atom is -0.488 e. The molecule has 2 N–H and O–H groups in total. The van der Waals surface area contributed by atoms with E-state index in [0.717, 1.165) is 11.1 Å². The number of nitrogens with one attached hydrogen (secondary N) is 1. The lowest BCUT2D eigenvalue weighted by atomic mass is 10.1. The number of halogens is 2. The molecule has 2 atom stereocenters. The fourth-order valence-electron chi connectivity index (χ4n) is 2.91. The summed E-state index contributed by atoms with van der Waals surface area (Å²) >= 11 is 0. The first-order chi connectivity index (χ1) is 11.1. The molecule has 5 heteroatoms. The molecule has 0 saturated heterocycles. The Hall–Kier alpha value is -1.98. The average molecular weight is 319 g/mol. The van der Waals surface area contributed by atoms with E-state index in [-0.39, 0.29) is 6.04 Å². The largest absolute Gasteiger partial charge is 0.488 e. The molecule has 0 unspecified atom stereocenters. The molecular formula is C18H19F2NO2. The van der Waals surface area contributed by atoms with Crippen LogP contribution in [0.25, 0.3) is 0 Å². The second kappa shape index (κ2) is 7.06. The van der Waals surface area contributed by atoms with Gasteiger partial charge in [0, 0.05) is 13.0 Å². The zero-order valence-electron chi connectivity index (χ0n) is 12.6. The van der Waals surface area contributed by atoms with E-state index in [9.17, 15) is 13.9 Å². The van der Waals surface area contributed by atoms with Crippen LogP contribution in [0.2, 0.25) is 0 Å². The average Bonchev–Trinajstić information content (AvgIpc) is 2.87. The quantitative estimate of drug-likeness (QED) is 0.860. The number of alkyl halides is 2. The number of aliphatic hydroxyl groups is 1. The van der Waals surface area contributed by atoms with E-state index >= 15 is 0 Å². The summed E-state index contributed by atoms with van der Waals surface area (Å²) in [7, 11) is 0. The highest BCUT2D eigenvalue weighted by atomic mass is 19.3. The summed E-state index contributed by atoms with van der Waals surface area (Å²) in [5.41, 5.74) is 3.32. The number of hydrogen-bond acceptors (Lipinski definition) is 3. The molecule has 0 bridgehead atoms. The summed E-state index contributed by atoms with van der Waals surface area (Å²) in [5.74, 6) is 0.431. The minimum atomic E-state index is -2.47. The molecule has 0 heterocycles. The predicted molar refractivity (Wildman–Crippen MR) is 83.7 cm³/mol. The topological polar surface area (TPSA) is 41.5 Å². The number of fused-ring (bicyclic) bond motifs is 1. The van der Waals surface area contributed by atoms with Crippen molar-refractivity contribution in [2.24, 2.45) is 0 Å². The van der Waals surface area contributed by atoms with Crippen molar-refractivity contribution in [1.82, 2.24) is 5.32 Å². The summed E-state index contributed by atoms with van der Waals surface area (Å²) in [6, 6.07) is 15.0. The van der Waals surface area contributed by atoms with E-state index in [2.05, 4.69) is 5.32 Å². The number of aliphatic hydroxyl groups excluding tert-OH is 1. The lowest BCUT2D eigenvalue weighted by molar-refractivity contribution is 0.0819. The van der Waals surface area contributed by atoms with Crippen LogP contribution in [0, 0.1) is 0 Å². The van der Waals surface area contributed by atoms with Crippen LogP contribution in [-0.4, -0.2) is 24.2 Å². The lowest BCUT2D eigenvalue weighted by Crippen LogP contribution is -2.28. The number of hydrogen-bond donors (Lipinski definition) is 2. The van der Waals surface area contributed by atoms with Crippen LogP contribution in [0.15, 0.2) is 48.5 Å². The molecule has 1 aliphatic rings. The summed E-state index contributed by atoms with van der Waals surface area (Å²) in [5, 5.41) is 13.6. The Morgan fingerprint density at radius 3 is 2.61 bits per heavy atom. The molecule has 0 saturated carbocycles. The summed E-state index contributed by atoms with van der Waals surface area (Å²) < 4.78 is 29.1. The Morgan fingerprint density at radius 2 is 1.87 bits per heavy atom. The van der Waals surface area contributed by atoms with Gasteiger partial charge in [-0.25, -0.2) is 8.78 Å². The van der Waals surface area contributed by atoms with Gasteiger partial charge in [-0.1, -0.05) is 36.4 Å². The normalized spacial score (nSPS) is 19.8. The maximum atomic E-state index is 12.1. The van der Waals surface area contributed by atoms with Gasteiger partial charge in [-0.05, 0) is 28.8 Å². The highest BCUT2D eigenvalue weighted by molar-refractivity contribution is 5.36. The van der Waals surface area contributed by atoms with Crippen molar-refractivity contribution in [3.8, 4) is 5.75 Å². The monoisotopic (exact) mass is 319 g/mol. The smallest absolute Gasteiger partial charge is 0.272 e. The van der Waals surface area contributed by atoms with E-state index in [1.165, 1.54) is 5.56 Å². The van der Waals surface area contributed by atoms with Gasteiger partial charge in [0.1, 0.15) is 12.4 Å². The number of benzene rings is 2. The Labute approximate surface area is 133 Å². The molecule has 0 fully saturated rings. The second-order valence-electron chi connectivity index (χ2n) is 5.67. The van der Waals surface area contributed by atoms with E-state index in [0.29, 0.717) is 18.7 Å². The van der Waals surface area contributed by atoms with E-state index < -0.39 is 19.1 Å². The lowest BCUT2D eigenvalue weighted by Gasteiger charge is -2.18. The van der Waals surface area contributed by atoms with Gasteiger partial charge in [-0.2, -0.15) is 0 Å². The molecule has 2 aromatic rings. The van der Waals surface area contributed by atoms with Crippen molar-refractivity contribution in [2.75, 3.05) is 6.61 Å². The predicted octanol–water partition coefficient (Wildman–Crippen LogP) is 3.08. The first kappa shape index (κ1) is 15.9. The van der Waals surface area contributed by atoms with E-state index in [1.54, 1.807) is 12.1 Å². The minimum absolute atomic E-state index is 0.0824. The van der Waals surface area contributed by atoms with Crippen LogP contribution >= 0.6 is 0 Å². The van der Waals surface area contributed by atoms with Gasteiger partial charge < -0.3 is 15.2 Å². The molecular weight excluding hydrogens is 300 g/mol. The van der Waals surface area contributed by atoms with Crippen molar-refractivity contribution in [1.29, 1.82) is 0 Å². The Bertz CT molecular complexity index is 646. The van der Waals surface area contributed by atoms with Gasteiger partial charge in [0.15, 0.2) is 0 Å². The third-order valence-corrected chi connectivity index (χ3v) is 4.03. The molecule has 0 aliphatic heterocycles. The molecule has 3 rings (SSSR count). The molecule has 2 aromatic carbocycles. The van der Waals surface area contributed by atoms with Crippen molar-refractivity contribution in [3.05, 3.63) is 65.2 Å². The standard InChI is InChI=1S/C18H19F2NO2/c19-17(20)11-23-14-7-5-12(6-8-14)10-21-18-15-4-2-1-3-13(15)9-16(18)22/h1-8,16-18,21-22H,9-11H2/t16-,18+/m0/s1. The van der Waals surface area contributed by atoms with Crippen molar-refractivity contribution < 1.29 is 18.6 Å². The molecule has 1 aliphatic carbocycles. The van der Waals surface area contributed by atoms with Gasteiger partial charge >= 0.3 is 0 Å². The van der Waals surface area contributed by atoms with Gasteiger partial charge in [-0.15, -0.1) is 0 Å². The highest BCUT2D eigenvalue weighted by Crippen LogP contribution is 2.31. The second-order valence-corrected chi connectivity index (χ2v) is 5.67. The molecule has 23 heavy (non-hydrogen) atoms. The van der Waals surface area contributed by atoms with Gasteiger partial charge in [0.25, 0.3) is 6.43 Å². The first-order valence-electron chi connectivity index (χ1n) is 7.62.